The van der Waals surface area contributed by atoms with Crippen molar-refractivity contribution in [2.75, 3.05) is 30.9 Å². The molecule has 0 saturated carbocycles. The maximum absolute atomic E-state index is 12.9. The highest BCUT2D eigenvalue weighted by atomic mass is 35.5. The van der Waals surface area contributed by atoms with Gasteiger partial charge in [-0.25, -0.2) is 0 Å². The molecule has 1 aliphatic heterocycles. The van der Waals surface area contributed by atoms with Crippen LogP contribution in [0.4, 0.5) is 5.69 Å². The van der Waals surface area contributed by atoms with E-state index < -0.39 is 0 Å². The predicted octanol–water partition coefficient (Wildman–Crippen LogP) is 4.32. The van der Waals surface area contributed by atoms with Gasteiger partial charge >= 0.3 is 0 Å². The van der Waals surface area contributed by atoms with Crippen LogP contribution in [0.1, 0.15) is 12.0 Å². The number of hydrogen-bond acceptors (Lipinski definition) is 5. The van der Waals surface area contributed by atoms with Gasteiger partial charge in [0.25, 0.3) is 0 Å². The summed E-state index contributed by atoms with van der Waals surface area (Å²) in [6, 6.07) is 15.6. The van der Waals surface area contributed by atoms with Gasteiger partial charge in [-0.1, -0.05) is 41.6 Å². The van der Waals surface area contributed by atoms with E-state index in [0.29, 0.717) is 23.9 Å². The van der Waals surface area contributed by atoms with Crippen LogP contribution < -0.4 is 4.90 Å². The summed E-state index contributed by atoms with van der Waals surface area (Å²) in [4.78, 5) is 14.7. The third-order valence-corrected chi connectivity index (χ3v) is 6.27. The van der Waals surface area contributed by atoms with Crippen LogP contribution in [0.3, 0.4) is 0 Å². The molecule has 0 N–H and O–H groups in total. The Kier molecular flexibility index (Phi) is 6.72. The van der Waals surface area contributed by atoms with Crippen molar-refractivity contribution in [3.05, 3.63) is 59.1 Å². The summed E-state index contributed by atoms with van der Waals surface area (Å²) in [5.74, 6) is 1.17. The number of aromatic nitrogens is 3. The standard InChI is InChI=1S/C22H23ClN4O2S/c1-29-14-4-12-27-21(17-7-9-18(23)10-8-17)24-25-22(27)30-15-20(28)26-13-11-16-5-2-3-6-19(16)26/h2-3,5-10H,4,11-15H2,1H3. The zero-order valence-corrected chi connectivity index (χ0v) is 18.3. The van der Waals surface area contributed by atoms with Gasteiger partial charge in [-0.2, -0.15) is 0 Å². The number of ether oxygens (including phenoxy) is 1. The molecule has 4 rings (SSSR count). The summed E-state index contributed by atoms with van der Waals surface area (Å²) < 4.78 is 7.25. The van der Waals surface area contributed by atoms with Crippen molar-refractivity contribution < 1.29 is 9.53 Å². The number of methoxy groups -OCH3 is 1. The number of carbonyl (C=O) groups excluding carboxylic acids is 1. The van der Waals surface area contributed by atoms with E-state index in [1.54, 1.807) is 7.11 Å². The van der Waals surface area contributed by atoms with Crippen molar-refractivity contribution in [3.8, 4) is 11.4 Å². The summed E-state index contributed by atoms with van der Waals surface area (Å²) in [6.45, 7) is 2.09. The number of thioether (sulfide) groups is 1. The van der Waals surface area contributed by atoms with E-state index in [1.807, 2.05) is 47.4 Å². The first kappa shape index (κ1) is 20.9. The number of rotatable bonds is 8. The molecule has 0 fully saturated rings. The molecule has 1 aromatic heterocycles. The largest absolute Gasteiger partial charge is 0.385 e. The van der Waals surface area contributed by atoms with E-state index in [1.165, 1.54) is 17.3 Å². The third kappa shape index (κ3) is 4.53. The Hall–Kier alpha value is -2.35. The molecule has 0 bridgehead atoms. The molecule has 6 nitrogen and oxygen atoms in total. The summed E-state index contributed by atoms with van der Waals surface area (Å²) in [5.41, 5.74) is 3.19. The van der Waals surface area contributed by atoms with Crippen molar-refractivity contribution in [1.29, 1.82) is 0 Å². The number of carbonyl (C=O) groups is 1. The average molecular weight is 443 g/mol. The van der Waals surface area contributed by atoms with Gasteiger partial charge in [0.05, 0.1) is 5.75 Å². The molecule has 0 unspecified atom stereocenters. The fraction of sp³-hybridized carbons (Fsp3) is 0.318. The molecule has 30 heavy (non-hydrogen) atoms. The van der Waals surface area contributed by atoms with Crippen molar-refractivity contribution in [2.24, 2.45) is 0 Å². The Bertz CT molecular complexity index is 1020. The first-order chi connectivity index (χ1) is 14.7. The minimum atomic E-state index is 0.0874. The molecule has 1 aliphatic rings. The topological polar surface area (TPSA) is 60.2 Å². The van der Waals surface area contributed by atoms with Crippen molar-refractivity contribution >= 4 is 35.0 Å². The van der Waals surface area contributed by atoms with Crippen LogP contribution in [0.25, 0.3) is 11.4 Å². The lowest BCUT2D eigenvalue weighted by Crippen LogP contribution is -2.30. The van der Waals surface area contributed by atoms with Crippen molar-refractivity contribution in [3.63, 3.8) is 0 Å². The Balaban J connectivity index is 1.50. The maximum atomic E-state index is 12.9. The quantitative estimate of drug-likeness (QED) is 0.384. The Morgan fingerprint density at radius 3 is 2.77 bits per heavy atom. The lowest BCUT2D eigenvalue weighted by Gasteiger charge is -2.17. The highest BCUT2D eigenvalue weighted by Crippen LogP contribution is 2.30. The number of para-hydroxylation sites is 1. The molecule has 2 aromatic carbocycles. The Morgan fingerprint density at radius 1 is 1.17 bits per heavy atom. The summed E-state index contributed by atoms with van der Waals surface area (Å²) in [7, 11) is 1.69. The van der Waals surface area contributed by atoms with Crippen LogP contribution in [0.15, 0.2) is 53.7 Å². The molecule has 0 saturated heterocycles. The van der Waals surface area contributed by atoms with Gasteiger partial charge in [-0.15, -0.1) is 10.2 Å². The minimum Gasteiger partial charge on any atom is -0.385 e. The lowest BCUT2D eigenvalue weighted by atomic mass is 10.2. The SMILES string of the molecule is COCCCn1c(SCC(=O)N2CCc3ccccc32)nnc1-c1ccc(Cl)cc1. The van der Waals surface area contributed by atoms with Gasteiger partial charge in [0, 0.05) is 43.1 Å². The van der Waals surface area contributed by atoms with Gasteiger partial charge in [0.1, 0.15) is 0 Å². The van der Waals surface area contributed by atoms with Gasteiger partial charge < -0.3 is 14.2 Å². The smallest absolute Gasteiger partial charge is 0.237 e. The molecular formula is C22H23ClN4O2S. The van der Waals surface area contributed by atoms with E-state index in [4.69, 9.17) is 16.3 Å². The number of nitrogens with zero attached hydrogens (tertiary/aromatic N) is 4. The second-order valence-electron chi connectivity index (χ2n) is 7.02. The molecular weight excluding hydrogens is 420 g/mol. The number of benzene rings is 2. The second-order valence-corrected chi connectivity index (χ2v) is 8.40. The highest BCUT2D eigenvalue weighted by molar-refractivity contribution is 7.99. The Labute approximate surface area is 185 Å². The minimum absolute atomic E-state index is 0.0874. The lowest BCUT2D eigenvalue weighted by molar-refractivity contribution is -0.116. The average Bonchev–Trinajstić information content (AvgIpc) is 3.37. The van der Waals surface area contributed by atoms with Gasteiger partial charge in [0.2, 0.25) is 5.91 Å². The van der Waals surface area contributed by atoms with E-state index in [-0.39, 0.29) is 5.91 Å². The second kappa shape index (κ2) is 9.64. The summed E-state index contributed by atoms with van der Waals surface area (Å²) in [5, 5.41) is 10.2. The van der Waals surface area contributed by atoms with Crippen molar-refractivity contribution in [2.45, 2.75) is 24.5 Å². The number of fused-ring (bicyclic) bond motifs is 1. The van der Waals surface area contributed by atoms with Crippen LogP contribution in [0, 0.1) is 0 Å². The van der Waals surface area contributed by atoms with Gasteiger partial charge in [-0.3, -0.25) is 4.79 Å². The van der Waals surface area contributed by atoms with Crippen LogP contribution in [0.2, 0.25) is 5.02 Å². The van der Waals surface area contributed by atoms with Gasteiger partial charge in [-0.05, 0) is 48.7 Å². The van der Waals surface area contributed by atoms with E-state index >= 15 is 0 Å². The molecule has 0 radical (unpaired) electrons. The molecule has 2 heterocycles. The predicted molar refractivity (Wildman–Crippen MR) is 120 cm³/mol. The molecule has 156 valence electrons. The van der Waals surface area contributed by atoms with Gasteiger partial charge in [0.15, 0.2) is 11.0 Å². The maximum Gasteiger partial charge on any atom is 0.237 e. The fourth-order valence-corrected chi connectivity index (χ4v) is 4.54. The number of amides is 1. The number of halogens is 1. The van der Waals surface area contributed by atoms with E-state index in [0.717, 1.165) is 41.6 Å². The first-order valence-corrected chi connectivity index (χ1v) is 11.2. The third-order valence-electron chi connectivity index (χ3n) is 5.06. The monoisotopic (exact) mass is 442 g/mol. The highest BCUT2D eigenvalue weighted by Gasteiger charge is 2.25. The van der Waals surface area contributed by atoms with E-state index in [2.05, 4.69) is 20.8 Å². The van der Waals surface area contributed by atoms with E-state index in [9.17, 15) is 4.79 Å². The zero-order valence-electron chi connectivity index (χ0n) is 16.8. The van der Waals surface area contributed by atoms with Crippen LogP contribution >= 0.6 is 23.4 Å². The number of hydrogen-bond donors (Lipinski definition) is 0. The van der Waals surface area contributed by atoms with Crippen molar-refractivity contribution in [1.82, 2.24) is 14.8 Å². The zero-order chi connectivity index (χ0) is 20.9. The van der Waals surface area contributed by atoms with Crippen LogP contribution in [-0.2, 0) is 22.5 Å². The molecule has 1 amide bonds. The Morgan fingerprint density at radius 2 is 1.97 bits per heavy atom. The molecule has 3 aromatic rings. The molecule has 0 atom stereocenters. The summed E-state index contributed by atoms with van der Waals surface area (Å²) >= 11 is 7.45. The molecule has 0 aliphatic carbocycles. The fourth-order valence-electron chi connectivity index (χ4n) is 3.58. The summed E-state index contributed by atoms with van der Waals surface area (Å²) in [6.07, 6.45) is 1.73. The molecule has 0 spiro atoms. The molecule has 8 heteroatoms. The van der Waals surface area contributed by atoms with Crippen LogP contribution in [-0.4, -0.2) is 46.7 Å². The number of anilines is 1. The first-order valence-electron chi connectivity index (χ1n) is 9.86. The van der Waals surface area contributed by atoms with Crippen LogP contribution in [0.5, 0.6) is 0 Å². The normalized spacial score (nSPS) is 12.9.